The minimum absolute atomic E-state index is 0.257. The Morgan fingerprint density at radius 1 is 1.61 bits per heavy atom. The molecule has 5 nitrogen and oxygen atoms in total. The van der Waals surface area contributed by atoms with Gasteiger partial charge in [0.05, 0.1) is 6.10 Å². The monoisotopic (exact) mass is 246 g/mol. The summed E-state index contributed by atoms with van der Waals surface area (Å²) in [5.41, 5.74) is 0.414. The molecule has 1 aromatic heterocycles. The zero-order chi connectivity index (χ0) is 12.8. The summed E-state index contributed by atoms with van der Waals surface area (Å²) in [4.78, 5) is 10.6. The van der Waals surface area contributed by atoms with Gasteiger partial charge in [0.25, 0.3) is 0 Å². The summed E-state index contributed by atoms with van der Waals surface area (Å²) >= 11 is 0. The predicted octanol–water partition coefficient (Wildman–Crippen LogP) is 1.74. The molecule has 0 spiro atoms. The van der Waals surface area contributed by atoms with Crippen LogP contribution in [0, 0.1) is 11.3 Å². The molecule has 5 heteroatoms. The number of nitrogens with zero attached hydrogens (tertiary/aromatic N) is 4. The maximum atomic E-state index is 8.85. The smallest absolute Gasteiger partial charge is 0.226 e. The van der Waals surface area contributed by atoms with Crippen LogP contribution in [0.1, 0.15) is 31.9 Å². The van der Waals surface area contributed by atoms with Crippen molar-refractivity contribution < 1.29 is 4.74 Å². The van der Waals surface area contributed by atoms with Gasteiger partial charge >= 0.3 is 0 Å². The van der Waals surface area contributed by atoms with Crippen LogP contribution in [0.3, 0.4) is 0 Å². The summed E-state index contributed by atoms with van der Waals surface area (Å²) < 4.78 is 5.78. The van der Waals surface area contributed by atoms with Crippen LogP contribution in [0.5, 0.6) is 0 Å². The first kappa shape index (κ1) is 12.8. The van der Waals surface area contributed by atoms with Crippen molar-refractivity contribution in [2.24, 2.45) is 0 Å². The predicted molar refractivity (Wildman–Crippen MR) is 68.2 cm³/mol. The fourth-order valence-corrected chi connectivity index (χ4v) is 2.10. The molecule has 1 atom stereocenters. The molecule has 0 N–H and O–H groups in total. The molecule has 0 bridgehead atoms. The van der Waals surface area contributed by atoms with Gasteiger partial charge in [0.2, 0.25) is 5.95 Å². The Morgan fingerprint density at radius 3 is 3.28 bits per heavy atom. The van der Waals surface area contributed by atoms with E-state index < -0.39 is 0 Å². The Bertz CT molecular complexity index is 429. The standard InChI is InChI=1S/C13H18N4O/c1-2-8-18-12-4-3-7-17(10-12)13-15-6-5-11(9-14)16-13/h5-6,12H,2-4,7-8,10H2,1H3. The van der Waals surface area contributed by atoms with E-state index in [0.717, 1.165) is 39.0 Å². The highest BCUT2D eigenvalue weighted by Gasteiger charge is 2.22. The number of hydrogen-bond acceptors (Lipinski definition) is 5. The van der Waals surface area contributed by atoms with Gasteiger partial charge < -0.3 is 9.64 Å². The van der Waals surface area contributed by atoms with Gasteiger partial charge in [-0.05, 0) is 25.3 Å². The highest BCUT2D eigenvalue weighted by Crippen LogP contribution is 2.18. The van der Waals surface area contributed by atoms with Crippen LogP contribution in [-0.4, -0.2) is 35.8 Å². The fraction of sp³-hybridized carbons (Fsp3) is 0.615. The summed E-state index contributed by atoms with van der Waals surface area (Å²) in [6.45, 7) is 4.66. The van der Waals surface area contributed by atoms with Gasteiger partial charge in [-0.1, -0.05) is 6.92 Å². The van der Waals surface area contributed by atoms with Crippen molar-refractivity contribution in [2.75, 3.05) is 24.6 Å². The molecule has 2 rings (SSSR count). The van der Waals surface area contributed by atoms with Crippen LogP contribution in [0.25, 0.3) is 0 Å². The SMILES string of the molecule is CCCOC1CCCN(c2nccc(C#N)n2)C1. The number of nitriles is 1. The van der Waals surface area contributed by atoms with E-state index in [1.807, 2.05) is 6.07 Å². The third kappa shape index (κ3) is 3.17. The molecule has 1 fully saturated rings. The van der Waals surface area contributed by atoms with Crippen molar-refractivity contribution in [3.8, 4) is 6.07 Å². The lowest BCUT2D eigenvalue weighted by Crippen LogP contribution is -2.40. The Labute approximate surface area is 107 Å². The van der Waals surface area contributed by atoms with Gasteiger partial charge in [0, 0.05) is 25.9 Å². The second-order valence-corrected chi connectivity index (χ2v) is 4.43. The summed E-state index contributed by atoms with van der Waals surface area (Å²) in [5, 5.41) is 8.85. The van der Waals surface area contributed by atoms with E-state index in [1.165, 1.54) is 0 Å². The number of aromatic nitrogens is 2. The first-order valence-electron chi connectivity index (χ1n) is 6.43. The molecule has 1 aliphatic heterocycles. The minimum Gasteiger partial charge on any atom is -0.376 e. The van der Waals surface area contributed by atoms with Gasteiger partial charge in [-0.3, -0.25) is 0 Å². The molecule has 18 heavy (non-hydrogen) atoms. The molecule has 0 radical (unpaired) electrons. The fourth-order valence-electron chi connectivity index (χ4n) is 2.10. The van der Waals surface area contributed by atoms with Crippen LogP contribution in [0.4, 0.5) is 5.95 Å². The van der Waals surface area contributed by atoms with E-state index in [1.54, 1.807) is 12.3 Å². The van der Waals surface area contributed by atoms with Crippen molar-refractivity contribution in [3.05, 3.63) is 18.0 Å². The lowest BCUT2D eigenvalue weighted by atomic mass is 10.1. The Kier molecular flexibility index (Phi) is 4.48. The van der Waals surface area contributed by atoms with Crippen LogP contribution in [0.15, 0.2) is 12.3 Å². The average molecular weight is 246 g/mol. The third-order valence-corrected chi connectivity index (χ3v) is 2.98. The minimum atomic E-state index is 0.257. The zero-order valence-electron chi connectivity index (χ0n) is 10.7. The zero-order valence-corrected chi connectivity index (χ0v) is 10.7. The Hall–Kier alpha value is -1.67. The van der Waals surface area contributed by atoms with Gasteiger partial charge in [-0.25, -0.2) is 9.97 Å². The van der Waals surface area contributed by atoms with Gasteiger partial charge in [-0.15, -0.1) is 0 Å². The van der Waals surface area contributed by atoms with Crippen molar-refractivity contribution in [3.63, 3.8) is 0 Å². The van der Waals surface area contributed by atoms with E-state index in [9.17, 15) is 0 Å². The average Bonchev–Trinajstić information content (AvgIpc) is 2.45. The molecule has 1 aromatic rings. The van der Waals surface area contributed by atoms with Crippen LogP contribution < -0.4 is 4.90 Å². The highest BCUT2D eigenvalue weighted by molar-refractivity contribution is 5.34. The van der Waals surface area contributed by atoms with Crippen LogP contribution >= 0.6 is 0 Å². The summed E-state index contributed by atoms with van der Waals surface area (Å²) in [6.07, 6.45) is 5.10. The van der Waals surface area contributed by atoms with E-state index in [-0.39, 0.29) is 6.10 Å². The van der Waals surface area contributed by atoms with Crippen molar-refractivity contribution in [2.45, 2.75) is 32.3 Å². The molecule has 0 aliphatic carbocycles. The van der Waals surface area contributed by atoms with E-state index in [0.29, 0.717) is 11.6 Å². The topological polar surface area (TPSA) is 62.0 Å². The first-order chi connectivity index (χ1) is 8.83. The second-order valence-electron chi connectivity index (χ2n) is 4.43. The summed E-state index contributed by atoms with van der Waals surface area (Å²) in [7, 11) is 0. The summed E-state index contributed by atoms with van der Waals surface area (Å²) in [5.74, 6) is 0.638. The van der Waals surface area contributed by atoms with Crippen molar-refractivity contribution in [1.29, 1.82) is 5.26 Å². The largest absolute Gasteiger partial charge is 0.376 e. The van der Waals surface area contributed by atoms with Gasteiger partial charge in [0.15, 0.2) is 0 Å². The van der Waals surface area contributed by atoms with Crippen LogP contribution in [0.2, 0.25) is 0 Å². The van der Waals surface area contributed by atoms with Crippen molar-refractivity contribution in [1.82, 2.24) is 9.97 Å². The van der Waals surface area contributed by atoms with Gasteiger partial charge in [0.1, 0.15) is 11.8 Å². The Morgan fingerprint density at radius 2 is 2.50 bits per heavy atom. The molecular weight excluding hydrogens is 228 g/mol. The molecule has 2 heterocycles. The Balaban J connectivity index is 2.01. The van der Waals surface area contributed by atoms with E-state index in [4.69, 9.17) is 10.00 Å². The second kappa shape index (κ2) is 6.31. The highest BCUT2D eigenvalue weighted by atomic mass is 16.5. The number of anilines is 1. The lowest BCUT2D eigenvalue weighted by molar-refractivity contribution is 0.0437. The number of ether oxygens (including phenoxy) is 1. The molecule has 1 saturated heterocycles. The molecule has 96 valence electrons. The number of hydrogen-bond donors (Lipinski definition) is 0. The normalized spacial score (nSPS) is 19.6. The van der Waals surface area contributed by atoms with Crippen molar-refractivity contribution >= 4 is 5.95 Å². The summed E-state index contributed by atoms with van der Waals surface area (Å²) in [6, 6.07) is 3.67. The molecule has 0 aromatic carbocycles. The first-order valence-corrected chi connectivity index (χ1v) is 6.43. The molecule has 0 amide bonds. The molecular formula is C13H18N4O. The quantitative estimate of drug-likeness (QED) is 0.809. The third-order valence-electron chi connectivity index (χ3n) is 2.98. The van der Waals surface area contributed by atoms with E-state index >= 15 is 0 Å². The number of piperidine rings is 1. The number of rotatable bonds is 4. The van der Waals surface area contributed by atoms with E-state index in [2.05, 4.69) is 21.8 Å². The van der Waals surface area contributed by atoms with Crippen LogP contribution in [-0.2, 0) is 4.74 Å². The van der Waals surface area contributed by atoms with Gasteiger partial charge in [-0.2, -0.15) is 5.26 Å². The maximum absolute atomic E-state index is 8.85. The molecule has 0 saturated carbocycles. The lowest BCUT2D eigenvalue weighted by Gasteiger charge is -2.32. The maximum Gasteiger partial charge on any atom is 0.226 e. The molecule has 1 aliphatic rings. The molecule has 1 unspecified atom stereocenters.